The van der Waals surface area contributed by atoms with Crippen LogP contribution in [0.4, 0.5) is 5.69 Å². The van der Waals surface area contributed by atoms with Crippen molar-refractivity contribution in [3.63, 3.8) is 0 Å². The van der Waals surface area contributed by atoms with Crippen molar-refractivity contribution in [3.05, 3.63) is 29.3 Å². The second-order valence-electron chi connectivity index (χ2n) is 5.40. The summed E-state index contributed by atoms with van der Waals surface area (Å²) >= 11 is 0. The third-order valence-corrected chi connectivity index (χ3v) is 4.05. The number of nitrogens with zero attached hydrogens (tertiary/aromatic N) is 1. The molecule has 1 atom stereocenters. The summed E-state index contributed by atoms with van der Waals surface area (Å²) < 4.78 is 0. The van der Waals surface area contributed by atoms with Crippen LogP contribution in [0.3, 0.4) is 0 Å². The molecule has 100 valence electrons. The molecule has 1 unspecified atom stereocenters. The summed E-state index contributed by atoms with van der Waals surface area (Å²) in [5.41, 5.74) is 4.24. The fourth-order valence-electron chi connectivity index (χ4n) is 3.10. The van der Waals surface area contributed by atoms with Crippen molar-refractivity contribution in [1.82, 2.24) is 5.32 Å². The highest BCUT2D eigenvalue weighted by Gasteiger charge is 2.22. The molecule has 1 heterocycles. The Morgan fingerprint density at radius 2 is 2.17 bits per heavy atom. The summed E-state index contributed by atoms with van der Waals surface area (Å²) in [6, 6.07) is 7.65. The van der Waals surface area contributed by atoms with Crippen molar-refractivity contribution < 1.29 is 0 Å². The molecular weight excluding hydrogens is 220 g/mol. The number of aryl methyl sites for hydroxylation is 1. The number of hydrogen-bond donors (Lipinski definition) is 1. The third kappa shape index (κ3) is 2.86. The predicted molar refractivity (Wildman–Crippen MR) is 79.2 cm³/mol. The lowest BCUT2D eigenvalue weighted by molar-refractivity contribution is 0.449. The molecule has 0 radical (unpaired) electrons. The third-order valence-electron chi connectivity index (χ3n) is 4.05. The van der Waals surface area contributed by atoms with Crippen LogP contribution in [0.1, 0.15) is 43.7 Å². The topological polar surface area (TPSA) is 15.3 Å². The van der Waals surface area contributed by atoms with Gasteiger partial charge in [0.15, 0.2) is 0 Å². The highest BCUT2D eigenvalue weighted by atomic mass is 15.2. The summed E-state index contributed by atoms with van der Waals surface area (Å²) in [5, 5.41) is 3.22. The summed E-state index contributed by atoms with van der Waals surface area (Å²) in [7, 11) is 2.00. The van der Waals surface area contributed by atoms with Crippen LogP contribution in [0.2, 0.25) is 0 Å². The van der Waals surface area contributed by atoms with E-state index < -0.39 is 0 Å². The molecule has 1 aliphatic heterocycles. The monoisotopic (exact) mass is 246 g/mol. The van der Waals surface area contributed by atoms with Crippen LogP contribution in [0, 0.1) is 6.92 Å². The number of anilines is 1. The Labute approximate surface area is 111 Å². The van der Waals surface area contributed by atoms with Gasteiger partial charge in [-0.05, 0) is 56.8 Å². The number of benzene rings is 1. The Kier molecular flexibility index (Phi) is 4.65. The molecule has 1 aromatic carbocycles. The summed E-state index contributed by atoms with van der Waals surface area (Å²) in [6.45, 7) is 6.74. The van der Waals surface area contributed by atoms with Crippen LogP contribution in [0.5, 0.6) is 0 Å². The lowest BCUT2D eigenvalue weighted by Crippen LogP contribution is -2.39. The minimum atomic E-state index is 0.743. The van der Waals surface area contributed by atoms with Gasteiger partial charge in [-0.1, -0.05) is 19.1 Å². The summed E-state index contributed by atoms with van der Waals surface area (Å²) in [5.74, 6) is 0. The Morgan fingerprint density at radius 1 is 1.33 bits per heavy atom. The summed E-state index contributed by atoms with van der Waals surface area (Å²) in [4.78, 5) is 2.63. The van der Waals surface area contributed by atoms with Crippen LogP contribution in [-0.4, -0.2) is 19.6 Å². The number of piperidine rings is 1. The smallest absolute Gasteiger partial charge is 0.0398 e. The number of nitrogens with one attached hydrogen (secondary N) is 1. The van der Waals surface area contributed by atoms with Crippen molar-refractivity contribution >= 4 is 5.69 Å². The van der Waals surface area contributed by atoms with E-state index in [1.807, 2.05) is 7.05 Å². The van der Waals surface area contributed by atoms with Gasteiger partial charge in [0.25, 0.3) is 0 Å². The Balaban J connectivity index is 2.21. The number of hydrogen-bond acceptors (Lipinski definition) is 2. The minimum absolute atomic E-state index is 0.743. The van der Waals surface area contributed by atoms with Crippen molar-refractivity contribution in [2.45, 2.75) is 52.1 Å². The average Bonchev–Trinajstić information content (AvgIpc) is 2.39. The lowest BCUT2D eigenvalue weighted by Gasteiger charge is -2.38. The highest BCUT2D eigenvalue weighted by Crippen LogP contribution is 2.29. The van der Waals surface area contributed by atoms with Crippen LogP contribution in [-0.2, 0) is 6.54 Å². The maximum atomic E-state index is 3.22. The van der Waals surface area contributed by atoms with Gasteiger partial charge >= 0.3 is 0 Å². The van der Waals surface area contributed by atoms with Crippen LogP contribution < -0.4 is 10.2 Å². The van der Waals surface area contributed by atoms with Gasteiger partial charge in [-0.3, -0.25) is 0 Å². The van der Waals surface area contributed by atoms with E-state index in [0.29, 0.717) is 0 Å². The maximum Gasteiger partial charge on any atom is 0.0398 e. The molecule has 0 amide bonds. The van der Waals surface area contributed by atoms with Crippen molar-refractivity contribution in [2.75, 3.05) is 18.5 Å². The van der Waals surface area contributed by atoms with Gasteiger partial charge in [-0.2, -0.15) is 0 Å². The lowest BCUT2D eigenvalue weighted by atomic mass is 9.97. The van der Waals surface area contributed by atoms with Gasteiger partial charge in [0.1, 0.15) is 0 Å². The average molecular weight is 246 g/mol. The first kappa shape index (κ1) is 13.4. The predicted octanol–water partition coefficient (Wildman–Crippen LogP) is 3.48. The van der Waals surface area contributed by atoms with E-state index in [9.17, 15) is 0 Å². The quantitative estimate of drug-likeness (QED) is 0.875. The Morgan fingerprint density at radius 3 is 2.83 bits per heavy atom. The molecule has 2 rings (SSSR count). The fourth-order valence-corrected chi connectivity index (χ4v) is 3.10. The van der Waals surface area contributed by atoms with Gasteiger partial charge in [0, 0.05) is 24.8 Å². The maximum absolute atomic E-state index is 3.22. The molecule has 0 aromatic heterocycles. The van der Waals surface area contributed by atoms with Crippen molar-refractivity contribution in [1.29, 1.82) is 0 Å². The van der Waals surface area contributed by atoms with E-state index in [0.717, 1.165) is 12.6 Å². The second kappa shape index (κ2) is 6.24. The SMILES string of the molecule is CCC1CCCCN1c1ccc(CNC)cc1C. The standard InChI is InChI=1S/C16H26N2/c1-4-15-7-5-6-10-18(15)16-9-8-14(12-17-3)11-13(16)2/h8-9,11,15,17H,4-7,10,12H2,1-3H3. The van der Waals surface area contributed by atoms with Crippen molar-refractivity contribution in [2.24, 2.45) is 0 Å². The molecule has 0 saturated carbocycles. The first-order valence-corrected chi connectivity index (χ1v) is 7.27. The molecule has 1 saturated heterocycles. The van der Waals surface area contributed by atoms with Crippen LogP contribution >= 0.6 is 0 Å². The van der Waals surface area contributed by atoms with Gasteiger partial charge in [-0.15, -0.1) is 0 Å². The largest absolute Gasteiger partial charge is 0.368 e. The molecular formula is C16H26N2. The normalized spacial score (nSPS) is 20.2. The zero-order valence-electron chi connectivity index (χ0n) is 12.0. The van der Waals surface area contributed by atoms with Crippen LogP contribution in [0.15, 0.2) is 18.2 Å². The molecule has 0 bridgehead atoms. The van der Waals surface area contributed by atoms with E-state index in [4.69, 9.17) is 0 Å². The van der Waals surface area contributed by atoms with E-state index in [1.54, 1.807) is 0 Å². The molecule has 1 aromatic rings. The van der Waals surface area contributed by atoms with Gasteiger partial charge in [0.2, 0.25) is 0 Å². The number of rotatable bonds is 4. The Hall–Kier alpha value is -1.02. The zero-order valence-corrected chi connectivity index (χ0v) is 12.0. The highest BCUT2D eigenvalue weighted by molar-refractivity contribution is 5.55. The molecule has 2 heteroatoms. The van der Waals surface area contributed by atoms with Crippen LogP contribution in [0.25, 0.3) is 0 Å². The minimum Gasteiger partial charge on any atom is -0.368 e. The molecule has 0 aliphatic carbocycles. The van der Waals surface area contributed by atoms with Gasteiger partial charge in [-0.25, -0.2) is 0 Å². The second-order valence-corrected chi connectivity index (χ2v) is 5.40. The van der Waals surface area contributed by atoms with E-state index in [2.05, 4.69) is 42.3 Å². The first-order valence-electron chi connectivity index (χ1n) is 7.27. The first-order chi connectivity index (χ1) is 8.76. The van der Waals surface area contributed by atoms with E-state index >= 15 is 0 Å². The van der Waals surface area contributed by atoms with Gasteiger partial charge in [0.05, 0.1) is 0 Å². The molecule has 18 heavy (non-hydrogen) atoms. The molecule has 1 fully saturated rings. The summed E-state index contributed by atoms with van der Waals surface area (Å²) in [6.07, 6.45) is 5.35. The molecule has 1 N–H and O–H groups in total. The zero-order chi connectivity index (χ0) is 13.0. The van der Waals surface area contributed by atoms with E-state index in [-0.39, 0.29) is 0 Å². The molecule has 1 aliphatic rings. The van der Waals surface area contributed by atoms with E-state index in [1.165, 1.54) is 49.0 Å². The van der Waals surface area contributed by atoms with Gasteiger partial charge < -0.3 is 10.2 Å². The molecule has 2 nitrogen and oxygen atoms in total. The Bertz CT molecular complexity index is 387. The van der Waals surface area contributed by atoms with Crippen molar-refractivity contribution in [3.8, 4) is 0 Å². The molecule has 0 spiro atoms. The fraction of sp³-hybridized carbons (Fsp3) is 0.625.